The first kappa shape index (κ1) is 20.8. The molecule has 1 N–H and O–H groups in total. The molecule has 0 spiro atoms. The molecule has 2 rings (SSSR count). The molecule has 0 aliphatic heterocycles. The van der Waals surface area contributed by atoms with Crippen LogP contribution in [0.25, 0.3) is 0 Å². The molecule has 0 bridgehead atoms. The van der Waals surface area contributed by atoms with Gasteiger partial charge in [-0.1, -0.05) is 42.8 Å². The molecule has 1 amide bonds. The molecule has 0 fully saturated rings. The third-order valence-electron chi connectivity index (χ3n) is 4.26. The molecule has 6 nitrogen and oxygen atoms in total. The molecule has 1 unspecified atom stereocenters. The second-order valence-corrected chi connectivity index (χ2v) is 8.21. The zero-order chi connectivity index (χ0) is 20.0. The summed E-state index contributed by atoms with van der Waals surface area (Å²) in [6, 6.07) is 13.6. The first-order chi connectivity index (χ1) is 12.8. The Balaban J connectivity index is 2.25. The van der Waals surface area contributed by atoms with Crippen LogP contribution in [0.5, 0.6) is 5.75 Å². The van der Waals surface area contributed by atoms with E-state index in [4.69, 9.17) is 4.74 Å². The lowest BCUT2D eigenvalue weighted by Crippen LogP contribution is -2.49. The van der Waals surface area contributed by atoms with E-state index in [1.807, 2.05) is 43.3 Å². The van der Waals surface area contributed by atoms with Gasteiger partial charge in [-0.3, -0.25) is 9.10 Å². The number of carbonyl (C=O) groups excluding carboxylic acids is 1. The van der Waals surface area contributed by atoms with Gasteiger partial charge in [0.05, 0.1) is 19.1 Å². The van der Waals surface area contributed by atoms with Crippen LogP contribution in [0.1, 0.15) is 24.5 Å². The van der Waals surface area contributed by atoms with Crippen LogP contribution in [0.3, 0.4) is 0 Å². The number of nitrogens with zero attached hydrogens (tertiary/aromatic N) is 1. The highest BCUT2D eigenvalue weighted by molar-refractivity contribution is 7.92. The van der Waals surface area contributed by atoms with E-state index in [-0.39, 0.29) is 12.5 Å². The number of benzene rings is 2. The van der Waals surface area contributed by atoms with Crippen molar-refractivity contribution in [3.05, 3.63) is 59.7 Å². The lowest BCUT2D eigenvalue weighted by Gasteiger charge is -2.30. The maximum atomic E-state index is 12.8. The van der Waals surface area contributed by atoms with Gasteiger partial charge in [-0.05, 0) is 31.5 Å². The molecular formula is C20H26N2O4S. The van der Waals surface area contributed by atoms with Crippen LogP contribution in [-0.4, -0.2) is 33.7 Å². The highest BCUT2D eigenvalue weighted by Crippen LogP contribution is 2.23. The summed E-state index contributed by atoms with van der Waals surface area (Å²) in [6.07, 6.45) is 1.46. The molecule has 2 aromatic rings. The Kier molecular flexibility index (Phi) is 6.85. The summed E-state index contributed by atoms with van der Waals surface area (Å²) in [4.78, 5) is 12.8. The second kappa shape index (κ2) is 8.90. The summed E-state index contributed by atoms with van der Waals surface area (Å²) >= 11 is 0. The highest BCUT2D eigenvalue weighted by Gasteiger charge is 2.31. The summed E-state index contributed by atoms with van der Waals surface area (Å²) in [5.74, 6) is 0.318. The van der Waals surface area contributed by atoms with Gasteiger partial charge in [-0.2, -0.15) is 0 Å². The number of nitrogens with one attached hydrogen (secondary N) is 1. The Hall–Kier alpha value is -2.54. The van der Waals surface area contributed by atoms with Gasteiger partial charge in [0.15, 0.2) is 0 Å². The molecule has 0 aliphatic rings. The van der Waals surface area contributed by atoms with Crippen molar-refractivity contribution < 1.29 is 17.9 Å². The lowest BCUT2D eigenvalue weighted by molar-refractivity contribution is -0.122. The van der Waals surface area contributed by atoms with Crippen molar-refractivity contribution in [3.63, 3.8) is 0 Å². The number of anilines is 1. The number of para-hydroxylation sites is 1. The third-order valence-corrected chi connectivity index (χ3v) is 5.44. The summed E-state index contributed by atoms with van der Waals surface area (Å²) in [5.41, 5.74) is 2.31. The minimum Gasteiger partial charge on any atom is -0.496 e. The number of hydrogen-bond acceptors (Lipinski definition) is 4. The molecule has 0 heterocycles. The van der Waals surface area contributed by atoms with Crippen LogP contribution in [0, 0.1) is 6.92 Å². The quantitative estimate of drug-likeness (QED) is 0.752. The summed E-state index contributed by atoms with van der Waals surface area (Å²) in [5, 5.41) is 2.83. The van der Waals surface area contributed by atoms with Gasteiger partial charge in [0.2, 0.25) is 15.9 Å². The summed E-state index contributed by atoms with van der Waals surface area (Å²) < 4.78 is 31.3. The lowest BCUT2D eigenvalue weighted by atomic mass is 10.1. The zero-order valence-corrected chi connectivity index (χ0v) is 16.9. The van der Waals surface area contributed by atoms with Crippen LogP contribution >= 0.6 is 0 Å². The van der Waals surface area contributed by atoms with Crippen LogP contribution in [-0.2, 0) is 21.4 Å². The first-order valence-electron chi connectivity index (χ1n) is 8.73. The summed E-state index contributed by atoms with van der Waals surface area (Å²) in [6.45, 7) is 3.97. The van der Waals surface area contributed by atoms with E-state index in [1.165, 1.54) is 4.31 Å². The van der Waals surface area contributed by atoms with Gasteiger partial charge in [0.1, 0.15) is 11.8 Å². The fourth-order valence-corrected chi connectivity index (χ4v) is 4.11. The van der Waals surface area contributed by atoms with Crippen LogP contribution in [0.4, 0.5) is 5.69 Å². The molecule has 7 heteroatoms. The fraction of sp³-hybridized carbons (Fsp3) is 0.350. The number of methoxy groups -OCH3 is 1. The molecule has 0 aliphatic carbocycles. The van der Waals surface area contributed by atoms with E-state index in [2.05, 4.69) is 5.32 Å². The van der Waals surface area contributed by atoms with E-state index < -0.39 is 16.1 Å². The SMILES string of the molecule is CCC(C(=O)NCc1ccccc1OC)N(c1ccc(C)cc1)S(C)(=O)=O. The highest BCUT2D eigenvalue weighted by atomic mass is 32.2. The van der Waals surface area contributed by atoms with Gasteiger partial charge < -0.3 is 10.1 Å². The number of sulfonamides is 1. The molecule has 0 radical (unpaired) electrons. The van der Waals surface area contributed by atoms with Gasteiger partial charge in [0.25, 0.3) is 0 Å². The predicted molar refractivity (Wildman–Crippen MR) is 107 cm³/mol. The maximum Gasteiger partial charge on any atom is 0.244 e. The van der Waals surface area contributed by atoms with E-state index in [1.54, 1.807) is 26.2 Å². The molecule has 0 aromatic heterocycles. The predicted octanol–water partition coefficient (Wildman–Crippen LogP) is 2.86. The van der Waals surface area contributed by atoms with Gasteiger partial charge in [0, 0.05) is 12.1 Å². The molecular weight excluding hydrogens is 364 g/mol. The fourth-order valence-electron chi connectivity index (χ4n) is 2.90. The second-order valence-electron chi connectivity index (χ2n) is 6.35. The minimum atomic E-state index is -3.64. The number of aryl methyl sites for hydroxylation is 1. The van der Waals surface area contributed by atoms with E-state index >= 15 is 0 Å². The average Bonchev–Trinajstić information content (AvgIpc) is 2.64. The maximum absolute atomic E-state index is 12.8. The van der Waals surface area contributed by atoms with Crippen molar-refractivity contribution in [2.24, 2.45) is 0 Å². The normalized spacial score (nSPS) is 12.3. The Morgan fingerprint density at radius 3 is 2.33 bits per heavy atom. The standard InChI is InChI=1S/C20H26N2O4S/c1-5-18(20(23)21-14-16-8-6-7-9-19(16)26-3)22(27(4,24)25)17-12-10-15(2)11-13-17/h6-13,18H,5,14H2,1-4H3,(H,21,23). The van der Waals surface area contributed by atoms with Crippen molar-refractivity contribution in [3.8, 4) is 5.75 Å². The van der Waals surface area contributed by atoms with Crippen molar-refractivity contribution >= 4 is 21.6 Å². The number of carbonyl (C=O) groups is 1. The number of amides is 1. The molecule has 27 heavy (non-hydrogen) atoms. The third kappa shape index (κ3) is 5.23. The van der Waals surface area contributed by atoms with Gasteiger partial charge >= 0.3 is 0 Å². The number of rotatable bonds is 8. The van der Waals surface area contributed by atoms with Gasteiger partial charge in [-0.25, -0.2) is 8.42 Å². The Bertz CT molecular complexity index is 879. The van der Waals surface area contributed by atoms with Crippen LogP contribution in [0.2, 0.25) is 0 Å². The van der Waals surface area contributed by atoms with Crippen molar-refractivity contribution in [2.45, 2.75) is 32.9 Å². The van der Waals surface area contributed by atoms with Crippen molar-refractivity contribution in [1.82, 2.24) is 5.32 Å². The monoisotopic (exact) mass is 390 g/mol. The number of ether oxygens (including phenoxy) is 1. The Labute approximate surface area is 161 Å². The average molecular weight is 391 g/mol. The Morgan fingerprint density at radius 2 is 1.78 bits per heavy atom. The topological polar surface area (TPSA) is 75.7 Å². The molecule has 1 atom stereocenters. The minimum absolute atomic E-state index is 0.255. The molecule has 2 aromatic carbocycles. The molecule has 0 saturated heterocycles. The largest absolute Gasteiger partial charge is 0.496 e. The molecule has 146 valence electrons. The van der Waals surface area contributed by atoms with Crippen molar-refractivity contribution in [1.29, 1.82) is 0 Å². The smallest absolute Gasteiger partial charge is 0.244 e. The summed E-state index contributed by atoms with van der Waals surface area (Å²) in [7, 11) is -2.07. The number of hydrogen-bond donors (Lipinski definition) is 1. The van der Waals surface area contributed by atoms with Crippen LogP contribution in [0.15, 0.2) is 48.5 Å². The van der Waals surface area contributed by atoms with E-state index in [0.717, 1.165) is 17.4 Å². The van der Waals surface area contributed by atoms with Crippen molar-refractivity contribution in [2.75, 3.05) is 17.7 Å². The Morgan fingerprint density at radius 1 is 1.15 bits per heavy atom. The molecule has 0 saturated carbocycles. The first-order valence-corrected chi connectivity index (χ1v) is 10.6. The zero-order valence-electron chi connectivity index (χ0n) is 16.1. The van der Waals surface area contributed by atoms with Crippen LogP contribution < -0.4 is 14.4 Å². The van der Waals surface area contributed by atoms with E-state index in [0.29, 0.717) is 17.9 Å². The van der Waals surface area contributed by atoms with E-state index in [9.17, 15) is 13.2 Å². The van der Waals surface area contributed by atoms with Gasteiger partial charge in [-0.15, -0.1) is 0 Å².